The molecule has 0 fully saturated rings. The lowest BCUT2D eigenvalue weighted by Gasteiger charge is -2.09. The van der Waals surface area contributed by atoms with Crippen LogP contribution in [0.5, 0.6) is 0 Å². The Hall–Kier alpha value is -3.14. The highest BCUT2D eigenvalue weighted by Crippen LogP contribution is 2.21. The van der Waals surface area contributed by atoms with Crippen LogP contribution in [0.4, 0.5) is 5.69 Å². The lowest BCUT2D eigenvalue weighted by atomic mass is 10.1. The minimum atomic E-state index is -0.787. The van der Waals surface area contributed by atoms with Gasteiger partial charge in [-0.05, 0) is 47.0 Å². The summed E-state index contributed by atoms with van der Waals surface area (Å²) >= 11 is 3.31. The molecular weight excluding hydrogens is 458 g/mol. The largest absolute Gasteiger partial charge is 0.465 e. The van der Waals surface area contributed by atoms with Crippen LogP contribution >= 0.6 is 15.9 Å². The molecule has 0 saturated heterocycles. The zero-order chi connectivity index (χ0) is 22.3. The second-order valence-electron chi connectivity index (χ2n) is 6.20. The van der Waals surface area contributed by atoms with Gasteiger partial charge in [-0.15, -0.1) is 0 Å². The van der Waals surface area contributed by atoms with Crippen molar-refractivity contribution >= 4 is 45.4 Å². The van der Waals surface area contributed by atoms with Crippen LogP contribution in [0.3, 0.4) is 0 Å². The first-order chi connectivity index (χ1) is 14.3. The van der Waals surface area contributed by atoms with Crippen molar-refractivity contribution in [3.63, 3.8) is 0 Å². The van der Waals surface area contributed by atoms with E-state index in [1.165, 1.54) is 7.11 Å². The lowest BCUT2D eigenvalue weighted by Crippen LogP contribution is -2.35. The molecule has 2 rings (SSSR count). The fourth-order valence-corrected chi connectivity index (χ4v) is 3.08. The third-order valence-electron chi connectivity index (χ3n) is 4.20. The number of ether oxygens (including phenoxy) is 2. The molecule has 0 spiro atoms. The van der Waals surface area contributed by atoms with Crippen LogP contribution in [0.15, 0.2) is 28.7 Å². The number of carbonyl (C=O) groups is 4. The van der Waals surface area contributed by atoms with Gasteiger partial charge in [-0.1, -0.05) is 19.1 Å². The Labute approximate surface area is 181 Å². The molecule has 160 valence electrons. The number of halogens is 1. The van der Waals surface area contributed by atoms with E-state index in [4.69, 9.17) is 9.47 Å². The van der Waals surface area contributed by atoms with E-state index in [1.807, 2.05) is 6.92 Å². The summed E-state index contributed by atoms with van der Waals surface area (Å²) in [5.41, 5.74) is 1.85. The monoisotopic (exact) mass is 479 g/mol. The van der Waals surface area contributed by atoms with Gasteiger partial charge in [0.25, 0.3) is 5.91 Å². The van der Waals surface area contributed by atoms with E-state index >= 15 is 0 Å². The topological polar surface area (TPSA) is 127 Å². The van der Waals surface area contributed by atoms with Gasteiger partial charge in [0.05, 0.1) is 24.9 Å². The Morgan fingerprint density at radius 3 is 2.43 bits per heavy atom. The molecule has 0 saturated carbocycles. The minimum absolute atomic E-state index is 0.0757. The average Bonchev–Trinajstić information content (AvgIpc) is 3.08. The first kappa shape index (κ1) is 23.1. The van der Waals surface area contributed by atoms with Gasteiger partial charge in [-0.3, -0.25) is 9.59 Å². The van der Waals surface area contributed by atoms with E-state index in [0.29, 0.717) is 27.8 Å². The summed E-state index contributed by atoms with van der Waals surface area (Å²) in [6.07, 6.45) is 0.478. The maximum atomic E-state index is 12.3. The molecule has 0 aliphatic carbocycles. The summed E-state index contributed by atoms with van der Waals surface area (Å²) in [4.78, 5) is 50.9. The molecule has 0 bridgehead atoms. The molecule has 9 nitrogen and oxygen atoms in total. The highest BCUT2D eigenvalue weighted by Gasteiger charge is 2.24. The molecule has 0 aliphatic rings. The summed E-state index contributed by atoms with van der Waals surface area (Å²) in [7, 11) is 1.25. The number of aromatic nitrogens is 1. The first-order valence-corrected chi connectivity index (χ1v) is 9.85. The second-order valence-corrected chi connectivity index (χ2v) is 7.06. The quantitative estimate of drug-likeness (QED) is 0.498. The first-order valence-electron chi connectivity index (χ1n) is 9.06. The molecule has 0 unspecified atom stereocenters. The molecule has 2 aromatic rings. The Balaban J connectivity index is 1.88. The number of anilines is 1. The smallest absolute Gasteiger partial charge is 0.355 e. The molecule has 0 aliphatic heterocycles. The Kier molecular flexibility index (Phi) is 8.16. The number of benzene rings is 1. The van der Waals surface area contributed by atoms with Crippen molar-refractivity contribution in [2.45, 2.75) is 20.3 Å². The van der Waals surface area contributed by atoms with E-state index in [9.17, 15) is 19.2 Å². The zero-order valence-electron chi connectivity index (χ0n) is 16.8. The summed E-state index contributed by atoms with van der Waals surface area (Å²) in [5, 5.41) is 5.01. The van der Waals surface area contributed by atoms with E-state index in [2.05, 4.69) is 31.5 Å². The Morgan fingerprint density at radius 1 is 1.10 bits per heavy atom. The molecular formula is C20H22BrN3O6. The molecule has 0 atom stereocenters. The third-order valence-corrected chi connectivity index (χ3v) is 4.89. The number of amides is 2. The molecule has 2 amide bonds. The third kappa shape index (κ3) is 5.69. The number of esters is 2. The van der Waals surface area contributed by atoms with Crippen molar-refractivity contribution in [2.75, 3.05) is 25.6 Å². The maximum Gasteiger partial charge on any atom is 0.355 e. The number of hydrogen-bond acceptors (Lipinski definition) is 6. The summed E-state index contributed by atoms with van der Waals surface area (Å²) in [6, 6.07) is 7.04. The molecule has 30 heavy (non-hydrogen) atoms. The highest BCUT2D eigenvalue weighted by molar-refractivity contribution is 9.10. The van der Waals surface area contributed by atoms with Gasteiger partial charge in [0.2, 0.25) is 5.91 Å². The molecule has 3 N–H and O–H groups in total. The Bertz CT molecular complexity index is 969. The number of methoxy groups -OCH3 is 1. The number of aryl methyl sites for hydroxylation is 1. The fourth-order valence-electron chi connectivity index (χ4n) is 2.70. The fraction of sp³-hybridized carbons (Fsp3) is 0.300. The number of H-pyrrole nitrogens is 1. The number of aromatic amines is 1. The van der Waals surface area contributed by atoms with Gasteiger partial charge in [0.15, 0.2) is 6.61 Å². The van der Waals surface area contributed by atoms with Crippen molar-refractivity contribution in [1.29, 1.82) is 0 Å². The number of rotatable bonds is 8. The predicted octanol–water partition coefficient (Wildman–Crippen LogP) is 2.35. The van der Waals surface area contributed by atoms with Crippen molar-refractivity contribution in [2.24, 2.45) is 0 Å². The van der Waals surface area contributed by atoms with Gasteiger partial charge in [-0.2, -0.15) is 0 Å². The van der Waals surface area contributed by atoms with Crippen LogP contribution in [-0.4, -0.2) is 49.0 Å². The molecule has 0 radical (unpaired) electrons. The molecule has 1 heterocycles. The molecule has 1 aromatic heterocycles. The molecule has 1 aromatic carbocycles. The highest BCUT2D eigenvalue weighted by atomic mass is 79.9. The number of para-hydroxylation sites is 1. The van der Waals surface area contributed by atoms with Crippen LogP contribution in [-0.2, 0) is 25.5 Å². The van der Waals surface area contributed by atoms with Crippen molar-refractivity contribution in [1.82, 2.24) is 10.3 Å². The Morgan fingerprint density at radius 2 is 1.80 bits per heavy atom. The zero-order valence-corrected chi connectivity index (χ0v) is 18.3. The minimum Gasteiger partial charge on any atom is -0.465 e. The normalized spacial score (nSPS) is 10.3. The number of nitrogens with one attached hydrogen (secondary N) is 3. The van der Waals surface area contributed by atoms with Crippen LogP contribution in [0, 0.1) is 6.92 Å². The van der Waals surface area contributed by atoms with Crippen molar-refractivity contribution in [3.05, 3.63) is 51.3 Å². The van der Waals surface area contributed by atoms with Gasteiger partial charge in [-0.25, -0.2) is 9.59 Å². The summed E-state index contributed by atoms with van der Waals surface area (Å²) in [6.45, 7) is 2.55. The van der Waals surface area contributed by atoms with E-state index in [-0.39, 0.29) is 17.8 Å². The SMILES string of the molecule is CCc1[nH]c(C(=O)OCC(=O)NCC(=O)Nc2ccccc2Br)c(C)c1C(=O)OC. The molecule has 10 heteroatoms. The maximum absolute atomic E-state index is 12.3. The van der Waals surface area contributed by atoms with E-state index in [0.717, 1.165) is 0 Å². The van der Waals surface area contributed by atoms with Gasteiger partial charge < -0.3 is 25.1 Å². The van der Waals surface area contributed by atoms with Crippen molar-refractivity contribution in [3.8, 4) is 0 Å². The lowest BCUT2D eigenvalue weighted by molar-refractivity contribution is -0.126. The van der Waals surface area contributed by atoms with Crippen LogP contribution < -0.4 is 10.6 Å². The second kappa shape index (κ2) is 10.6. The van der Waals surface area contributed by atoms with Gasteiger partial charge >= 0.3 is 11.9 Å². The number of hydrogen-bond donors (Lipinski definition) is 3. The van der Waals surface area contributed by atoms with Gasteiger partial charge in [0.1, 0.15) is 5.69 Å². The average molecular weight is 480 g/mol. The van der Waals surface area contributed by atoms with Crippen molar-refractivity contribution < 1.29 is 28.7 Å². The van der Waals surface area contributed by atoms with Crippen LogP contribution in [0.25, 0.3) is 0 Å². The van der Waals surface area contributed by atoms with E-state index < -0.39 is 30.4 Å². The summed E-state index contributed by atoms with van der Waals surface area (Å²) < 4.78 is 10.4. The van der Waals surface area contributed by atoms with Crippen LogP contribution in [0.2, 0.25) is 0 Å². The standard InChI is InChI=1S/C20H22BrN3O6/c1-4-13-17(19(27)29-3)11(2)18(24-13)20(28)30-10-16(26)22-9-15(25)23-14-8-6-5-7-12(14)21/h5-8,24H,4,9-10H2,1-3H3,(H,22,26)(H,23,25). The predicted molar refractivity (Wildman–Crippen MR) is 112 cm³/mol. The van der Waals surface area contributed by atoms with Crippen LogP contribution in [0.1, 0.15) is 39.0 Å². The van der Waals surface area contributed by atoms with Gasteiger partial charge in [0, 0.05) is 10.2 Å². The number of carbonyl (C=O) groups excluding carboxylic acids is 4. The van der Waals surface area contributed by atoms with E-state index in [1.54, 1.807) is 31.2 Å². The summed E-state index contributed by atoms with van der Waals surface area (Å²) in [5.74, 6) is -2.42.